The molecule has 0 aliphatic heterocycles. The van der Waals surface area contributed by atoms with Crippen molar-refractivity contribution in [1.29, 1.82) is 0 Å². The molecule has 1 aromatic rings. The van der Waals surface area contributed by atoms with E-state index in [2.05, 4.69) is 39.8 Å². The Morgan fingerprint density at radius 1 is 1.15 bits per heavy atom. The molecule has 0 bridgehead atoms. The zero-order chi connectivity index (χ0) is 10.0. The van der Waals surface area contributed by atoms with Crippen LogP contribution in [0.1, 0.15) is 29.2 Å². The Morgan fingerprint density at radius 3 is 2.00 bits per heavy atom. The van der Waals surface area contributed by atoms with Crippen molar-refractivity contribution in [2.75, 3.05) is 0 Å². The third-order valence-corrected chi connectivity index (χ3v) is 2.37. The molecule has 0 fully saturated rings. The van der Waals surface area contributed by atoms with Gasteiger partial charge in [-0.05, 0) is 50.8 Å². The Bertz CT molecular complexity index is 277. The van der Waals surface area contributed by atoms with E-state index in [1.807, 2.05) is 0 Å². The second-order valence-electron chi connectivity index (χ2n) is 4.06. The van der Waals surface area contributed by atoms with Gasteiger partial charge in [-0.3, -0.25) is 0 Å². The Hall–Kier alpha value is -0.820. The summed E-state index contributed by atoms with van der Waals surface area (Å²) in [6, 6.07) is 4.70. The summed E-state index contributed by atoms with van der Waals surface area (Å²) in [5, 5.41) is 0. The summed E-state index contributed by atoms with van der Waals surface area (Å²) in [4.78, 5) is 0. The van der Waals surface area contributed by atoms with Crippen LogP contribution in [0.3, 0.4) is 0 Å². The number of aryl methyl sites for hydroxylation is 3. The van der Waals surface area contributed by atoms with Crippen molar-refractivity contribution in [3.63, 3.8) is 0 Å². The third kappa shape index (κ3) is 2.56. The molecule has 13 heavy (non-hydrogen) atoms. The Morgan fingerprint density at radius 2 is 1.62 bits per heavy atom. The molecule has 2 N–H and O–H groups in total. The summed E-state index contributed by atoms with van der Waals surface area (Å²) in [6.07, 6.45) is 0.984. The van der Waals surface area contributed by atoms with Crippen molar-refractivity contribution in [3.8, 4) is 0 Å². The topological polar surface area (TPSA) is 26.0 Å². The standard InChI is InChI=1S/C12H19N/c1-8-5-9(2)12(7-11(4)13)10(3)6-8/h5-6,11H,7,13H2,1-4H3. The van der Waals surface area contributed by atoms with E-state index in [0.717, 1.165) is 6.42 Å². The minimum atomic E-state index is 0.250. The molecule has 72 valence electrons. The van der Waals surface area contributed by atoms with Crippen molar-refractivity contribution in [2.45, 2.75) is 40.2 Å². The van der Waals surface area contributed by atoms with Crippen LogP contribution in [0.25, 0.3) is 0 Å². The smallest absolute Gasteiger partial charge is 0.00511 e. The highest BCUT2D eigenvalue weighted by molar-refractivity contribution is 5.37. The van der Waals surface area contributed by atoms with E-state index < -0.39 is 0 Å². The largest absolute Gasteiger partial charge is 0.328 e. The average molecular weight is 177 g/mol. The van der Waals surface area contributed by atoms with E-state index in [4.69, 9.17) is 5.73 Å². The summed E-state index contributed by atoms with van der Waals surface area (Å²) in [5.74, 6) is 0. The number of hydrogen-bond acceptors (Lipinski definition) is 1. The maximum absolute atomic E-state index is 5.80. The zero-order valence-electron chi connectivity index (χ0n) is 9.02. The quantitative estimate of drug-likeness (QED) is 0.738. The highest BCUT2D eigenvalue weighted by atomic mass is 14.6. The van der Waals surface area contributed by atoms with Gasteiger partial charge in [0.2, 0.25) is 0 Å². The molecule has 0 radical (unpaired) electrons. The molecule has 0 spiro atoms. The van der Waals surface area contributed by atoms with E-state index >= 15 is 0 Å². The molecule has 1 unspecified atom stereocenters. The summed E-state index contributed by atoms with van der Waals surface area (Å²) < 4.78 is 0. The number of nitrogens with two attached hydrogens (primary N) is 1. The van der Waals surface area contributed by atoms with Crippen molar-refractivity contribution >= 4 is 0 Å². The second kappa shape index (κ2) is 3.93. The third-order valence-electron chi connectivity index (χ3n) is 2.37. The molecule has 0 saturated heterocycles. The molecule has 0 aliphatic carbocycles. The van der Waals surface area contributed by atoms with Gasteiger partial charge in [0, 0.05) is 6.04 Å². The van der Waals surface area contributed by atoms with Crippen LogP contribution in [0.4, 0.5) is 0 Å². The van der Waals surface area contributed by atoms with Crippen LogP contribution in [-0.4, -0.2) is 6.04 Å². The molecule has 0 aliphatic rings. The predicted octanol–water partition coefficient (Wildman–Crippen LogP) is 2.50. The van der Waals surface area contributed by atoms with Gasteiger partial charge in [-0.25, -0.2) is 0 Å². The summed E-state index contributed by atoms with van der Waals surface area (Å²) in [5.41, 5.74) is 11.3. The molecule has 1 heteroatoms. The van der Waals surface area contributed by atoms with Crippen LogP contribution in [0.2, 0.25) is 0 Å². The molecular weight excluding hydrogens is 158 g/mol. The minimum absolute atomic E-state index is 0.250. The SMILES string of the molecule is Cc1cc(C)c(CC(C)N)c(C)c1. The van der Waals surface area contributed by atoms with E-state index in [1.165, 1.54) is 22.3 Å². The summed E-state index contributed by atoms with van der Waals surface area (Å²) in [7, 11) is 0. The Balaban J connectivity index is 3.06. The maximum Gasteiger partial charge on any atom is 0.00511 e. The van der Waals surface area contributed by atoms with Gasteiger partial charge in [0.15, 0.2) is 0 Å². The number of benzene rings is 1. The van der Waals surface area contributed by atoms with Crippen molar-refractivity contribution < 1.29 is 0 Å². The summed E-state index contributed by atoms with van der Waals surface area (Å²) in [6.45, 7) is 8.52. The lowest BCUT2D eigenvalue weighted by Crippen LogP contribution is -2.19. The van der Waals surface area contributed by atoms with Crippen LogP contribution >= 0.6 is 0 Å². The van der Waals surface area contributed by atoms with Gasteiger partial charge in [-0.15, -0.1) is 0 Å². The minimum Gasteiger partial charge on any atom is -0.328 e. The molecule has 0 saturated carbocycles. The fraction of sp³-hybridized carbons (Fsp3) is 0.500. The highest BCUT2D eigenvalue weighted by Crippen LogP contribution is 2.17. The first-order valence-corrected chi connectivity index (χ1v) is 4.83. The van der Waals surface area contributed by atoms with Crippen molar-refractivity contribution in [1.82, 2.24) is 0 Å². The zero-order valence-corrected chi connectivity index (χ0v) is 9.02. The van der Waals surface area contributed by atoms with Crippen LogP contribution in [0.5, 0.6) is 0 Å². The predicted molar refractivity (Wildman–Crippen MR) is 58.0 cm³/mol. The number of rotatable bonds is 2. The van der Waals surface area contributed by atoms with Crippen molar-refractivity contribution in [2.24, 2.45) is 5.73 Å². The van der Waals surface area contributed by atoms with Gasteiger partial charge < -0.3 is 5.73 Å². The molecular formula is C12H19N. The van der Waals surface area contributed by atoms with Gasteiger partial charge in [0.25, 0.3) is 0 Å². The number of hydrogen-bond donors (Lipinski definition) is 1. The lowest BCUT2D eigenvalue weighted by Gasteiger charge is -2.13. The van der Waals surface area contributed by atoms with Gasteiger partial charge in [-0.2, -0.15) is 0 Å². The Kier molecular flexibility index (Phi) is 3.10. The maximum atomic E-state index is 5.80. The van der Waals surface area contributed by atoms with Crippen LogP contribution in [0.15, 0.2) is 12.1 Å². The van der Waals surface area contributed by atoms with Crippen LogP contribution in [0, 0.1) is 20.8 Å². The van der Waals surface area contributed by atoms with Crippen molar-refractivity contribution in [3.05, 3.63) is 34.4 Å². The normalized spacial score (nSPS) is 13.0. The first-order valence-electron chi connectivity index (χ1n) is 4.83. The van der Waals surface area contributed by atoms with E-state index in [9.17, 15) is 0 Å². The van der Waals surface area contributed by atoms with Gasteiger partial charge >= 0.3 is 0 Å². The first-order chi connectivity index (χ1) is 6.00. The fourth-order valence-electron chi connectivity index (χ4n) is 1.85. The van der Waals surface area contributed by atoms with Crippen LogP contribution in [-0.2, 0) is 6.42 Å². The molecule has 0 aromatic heterocycles. The fourth-order valence-corrected chi connectivity index (χ4v) is 1.85. The van der Waals surface area contributed by atoms with Crippen LogP contribution < -0.4 is 5.73 Å². The van der Waals surface area contributed by atoms with E-state index in [0.29, 0.717) is 0 Å². The average Bonchev–Trinajstić information content (AvgIpc) is 1.96. The van der Waals surface area contributed by atoms with Gasteiger partial charge in [0.05, 0.1) is 0 Å². The Labute approximate surface area is 81.0 Å². The monoisotopic (exact) mass is 177 g/mol. The molecule has 1 nitrogen and oxygen atoms in total. The molecule has 0 heterocycles. The lowest BCUT2D eigenvalue weighted by molar-refractivity contribution is 0.731. The molecule has 1 rings (SSSR count). The van der Waals surface area contributed by atoms with Gasteiger partial charge in [-0.1, -0.05) is 17.7 Å². The van der Waals surface area contributed by atoms with Gasteiger partial charge in [0.1, 0.15) is 0 Å². The molecule has 0 amide bonds. The molecule has 1 aromatic carbocycles. The summed E-state index contributed by atoms with van der Waals surface area (Å²) >= 11 is 0. The lowest BCUT2D eigenvalue weighted by atomic mass is 9.95. The van der Waals surface area contributed by atoms with E-state index in [-0.39, 0.29) is 6.04 Å². The second-order valence-corrected chi connectivity index (χ2v) is 4.06. The van der Waals surface area contributed by atoms with E-state index in [1.54, 1.807) is 0 Å². The highest BCUT2D eigenvalue weighted by Gasteiger charge is 2.05. The molecule has 1 atom stereocenters. The first kappa shape index (κ1) is 10.3.